The van der Waals surface area contributed by atoms with E-state index >= 15 is 0 Å². The second-order valence-electron chi connectivity index (χ2n) is 10.8. The van der Waals surface area contributed by atoms with Crippen molar-refractivity contribution in [1.29, 1.82) is 0 Å². The first-order chi connectivity index (χ1) is 21.0. The van der Waals surface area contributed by atoms with Crippen molar-refractivity contribution in [1.82, 2.24) is 0 Å². The maximum Gasteiger partial charge on any atom is 0.265 e. The van der Waals surface area contributed by atoms with Gasteiger partial charge in [-0.1, -0.05) is 72.8 Å². The molecule has 43 heavy (non-hydrogen) atoms. The molecule has 6 aromatic rings. The summed E-state index contributed by atoms with van der Waals surface area (Å²) in [4.78, 5) is 56.0. The minimum absolute atomic E-state index is 0.335. The highest BCUT2D eigenvalue weighted by molar-refractivity contribution is 6.36. The van der Waals surface area contributed by atoms with Crippen molar-refractivity contribution in [3.8, 4) is 0 Å². The van der Waals surface area contributed by atoms with Crippen LogP contribution >= 0.6 is 0 Å². The summed E-state index contributed by atoms with van der Waals surface area (Å²) < 4.78 is 0. The normalized spacial score (nSPS) is 14.2. The van der Waals surface area contributed by atoms with Gasteiger partial charge in [0.05, 0.1) is 11.4 Å². The first-order valence-electron chi connectivity index (χ1n) is 14.0. The standard InChI is InChI=1S/C37H22N2O4/c40-34-28-9-1-5-24-6-2-10-29(32(24)28)35(41)38(34)26-17-13-22(14-18-26)21-23-15-19-27(20-16-23)39-36(42)30-11-3-7-25-8-4-12-31(33(25)30)37(39)43/h1-20H,21H2. The zero-order valence-corrected chi connectivity index (χ0v) is 22.8. The maximum atomic E-state index is 13.4. The fourth-order valence-electron chi connectivity index (χ4n) is 6.29. The number of benzene rings is 6. The van der Waals surface area contributed by atoms with E-state index in [1.54, 1.807) is 48.5 Å². The molecule has 0 aliphatic carbocycles. The largest absolute Gasteiger partial charge is 0.268 e. The molecule has 8 rings (SSSR count). The molecular formula is C37H22N2O4. The Morgan fingerprint density at radius 2 is 0.674 bits per heavy atom. The summed E-state index contributed by atoms with van der Waals surface area (Å²) in [5, 5.41) is 3.14. The van der Waals surface area contributed by atoms with Crippen LogP contribution in [0.1, 0.15) is 52.6 Å². The molecule has 2 heterocycles. The fraction of sp³-hybridized carbons (Fsp3) is 0.0270. The van der Waals surface area contributed by atoms with Gasteiger partial charge in [0.15, 0.2) is 0 Å². The monoisotopic (exact) mass is 558 g/mol. The maximum absolute atomic E-state index is 13.4. The van der Waals surface area contributed by atoms with E-state index in [2.05, 4.69) is 0 Å². The summed E-state index contributed by atoms with van der Waals surface area (Å²) in [6, 6.07) is 36.7. The molecule has 4 amide bonds. The van der Waals surface area contributed by atoms with Crippen LogP contribution in [0.5, 0.6) is 0 Å². The van der Waals surface area contributed by atoms with Gasteiger partial charge in [-0.05, 0) is 76.9 Å². The van der Waals surface area contributed by atoms with E-state index in [1.165, 1.54) is 9.80 Å². The van der Waals surface area contributed by atoms with E-state index in [9.17, 15) is 19.2 Å². The number of hydrogen-bond donors (Lipinski definition) is 0. The van der Waals surface area contributed by atoms with Crippen molar-refractivity contribution in [2.45, 2.75) is 6.42 Å². The number of anilines is 2. The molecule has 2 aliphatic heterocycles. The SMILES string of the molecule is O=C1c2cccc3cccc(c23)C(=O)N1c1ccc(Cc2ccc(N3C(=O)c4cccc5cccc(c45)C3=O)cc2)cc1. The summed E-state index contributed by atoms with van der Waals surface area (Å²) in [6.07, 6.45) is 0.592. The van der Waals surface area contributed by atoms with Crippen LogP contribution in [0.3, 0.4) is 0 Å². The molecule has 0 saturated carbocycles. The van der Waals surface area contributed by atoms with Crippen LogP contribution in [0.25, 0.3) is 21.5 Å². The van der Waals surface area contributed by atoms with Crippen molar-refractivity contribution >= 4 is 56.5 Å². The van der Waals surface area contributed by atoms with E-state index in [-0.39, 0.29) is 23.6 Å². The zero-order chi connectivity index (χ0) is 29.2. The third-order valence-electron chi connectivity index (χ3n) is 8.34. The Hall–Kier alpha value is -5.88. The van der Waals surface area contributed by atoms with Crippen molar-refractivity contribution in [3.05, 3.63) is 155 Å². The van der Waals surface area contributed by atoms with Crippen LogP contribution in [0.2, 0.25) is 0 Å². The summed E-state index contributed by atoms with van der Waals surface area (Å²) in [6.45, 7) is 0. The number of hydrogen-bond acceptors (Lipinski definition) is 4. The number of carbonyl (C=O) groups excluding carboxylic acids is 4. The Morgan fingerprint density at radius 1 is 0.372 bits per heavy atom. The predicted molar refractivity (Wildman–Crippen MR) is 166 cm³/mol. The van der Waals surface area contributed by atoms with Crippen LogP contribution in [0, 0.1) is 0 Å². The lowest BCUT2D eigenvalue weighted by molar-refractivity contribution is 0.0877. The summed E-state index contributed by atoms with van der Waals surface area (Å²) in [5.74, 6) is -1.34. The lowest BCUT2D eigenvalue weighted by Gasteiger charge is -2.27. The van der Waals surface area contributed by atoms with Crippen LogP contribution in [-0.4, -0.2) is 23.6 Å². The molecule has 6 heteroatoms. The molecule has 6 aromatic carbocycles. The molecular weight excluding hydrogens is 536 g/mol. The zero-order valence-electron chi connectivity index (χ0n) is 22.8. The highest BCUT2D eigenvalue weighted by Gasteiger charge is 2.35. The molecule has 0 N–H and O–H groups in total. The van der Waals surface area contributed by atoms with Gasteiger partial charge in [-0.25, -0.2) is 9.80 Å². The topological polar surface area (TPSA) is 74.8 Å². The molecule has 0 spiro atoms. The van der Waals surface area contributed by atoms with Gasteiger partial charge in [0.1, 0.15) is 0 Å². The predicted octanol–water partition coefficient (Wildman–Crippen LogP) is 7.19. The van der Waals surface area contributed by atoms with Gasteiger partial charge >= 0.3 is 0 Å². The van der Waals surface area contributed by atoms with Crippen LogP contribution in [0.15, 0.2) is 121 Å². The number of imide groups is 2. The second kappa shape index (κ2) is 9.33. The summed E-state index contributed by atoms with van der Waals surface area (Å²) in [5.41, 5.74) is 5.06. The molecule has 0 bridgehead atoms. The van der Waals surface area contributed by atoms with Crippen LogP contribution in [-0.2, 0) is 6.42 Å². The Balaban J connectivity index is 1.03. The molecule has 2 aliphatic rings. The quantitative estimate of drug-likeness (QED) is 0.215. The van der Waals surface area contributed by atoms with Crippen molar-refractivity contribution in [3.63, 3.8) is 0 Å². The molecule has 0 radical (unpaired) electrons. The second-order valence-corrected chi connectivity index (χ2v) is 10.8. The molecule has 0 atom stereocenters. The third kappa shape index (κ3) is 3.73. The van der Waals surface area contributed by atoms with Gasteiger partial charge in [0.25, 0.3) is 23.6 Å². The van der Waals surface area contributed by atoms with Gasteiger partial charge in [-0.2, -0.15) is 0 Å². The Kier molecular flexibility index (Phi) is 5.40. The van der Waals surface area contributed by atoms with E-state index in [0.717, 1.165) is 21.9 Å². The Morgan fingerprint density at radius 3 is 0.977 bits per heavy atom. The van der Waals surface area contributed by atoms with Crippen LogP contribution < -0.4 is 9.80 Å². The lowest BCUT2D eigenvalue weighted by Crippen LogP contribution is -2.40. The average molecular weight is 559 g/mol. The molecule has 0 fully saturated rings. The number of amides is 4. The van der Waals surface area contributed by atoms with Crippen molar-refractivity contribution in [2.75, 3.05) is 9.80 Å². The van der Waals surface area contributed by atoms with E-state index < -0.39 is 0 Å². The van der Waals surface area contributed by atoms with Gasteiger partial charge in [-0.15, -0.1) is 0 Å². The van der Waals surface area contributed by atoms with Gasteiger partial charge in [-0.3, -0.25) is 19.2 Å². The highest BCUT2D eigenvalue weighted by Crippen LogP contribution is 2.34. The summed E-state index contributed by atoms with van der Waals surface area (Å²) in [7, 11) is 0. The first kappa shape index (κ1) is 24.9. The third-order valence-corrected chi connectivity index (χ3v) is 8.34. The number of rotatable bonds is 4. The summed E-state index contributed by atoms with van der Waals surface area (Å²) >= 11 is 0. The Bertz CT molecular complexity index is 1920. The molecule has 6 nitrogen and oxygen atoms in total. The lowest BCUT2D eigenvalue weighted by atomic mass is 9.93. The van der Waals surface area contributed by atoms with Crippen LogP contribution in [0.4, 0.5) is 11.4 Å². The minimum atomic E-state index is -0.335. The van der Waals surface area contributed by atoms with E-state index in [1.807, 2.05) is 72.8 Å². The number of nitrogens with zero attached hydrogens (tertiary/aromatic N) is 2. The smallest absolute Gasteiger partial charge is 0.265 e. The van der Waals surface area contributed by atoms with Gasteiger partial charge in [0.2, 0.25) is 0 Å². The minimum Gasteiger partial charge on any atom is -0.268 e. The highest BCUT2D eigenvalue weighted by atomic mass is 16.2. The van der Waals surface area contributed by atoms with Gasteiger partial charge in [0, 0.05) is 33.0 Å². The number of carbonyl (C=O) groups is 4. The van der Waals surface area contributed by atoms with E-state index in [4.69, 9.17) is 0 Å². The van der Waals surface area contributed by atoms with Crippen molar-refractivity contribution < 1.29 is 19.2 Å². The Labute approximate surface area is 246 Å². The van der Waals surface area contributed by atoms with Gasteiger partial charge < -0.3 is 0 Å². The molecule has 0 aromatic heterocycles. The van der Waals surface area contributed by atoms with Crippen molar-refractivity contribution in [2.24, 2.45) is 0 Å². The first-order valence-corrected chi connectivity index (χ1v) is 14.0. The molecule has 0 unspecified atom stereocenters. The average Bonchev–Trinajstić information content (AvgIpc) is 3.04. The fourth-order valence-corrected chi connectivity index (χ4v) is 6.29. The molecule has 0 saturated heterocycles. The molecule has 204 valence electrons. The van der Waals surface area contributed by atoms with E-state index in [0.29, 0.717) is 50.8 Å².